The Balaban J connectivity index is 2.13. The maximum absolute atomic E-state index is 11.2. The van der Waals surface area contributed by atoms with Gasteiger partial charge in [0.1, 0.15) is 11.6 Å². The highest BCUT2D eigenvalue weighted by Gasteiger charge is 2.24. The molecule has 1 saturated heterocycles. The standard InChI is InChI=1S/C13H19N5O2S2/c1-21-13-15-8-11(6-14)12(17-13)18-5-3-4-10(9-18)7-16-22(2,19)20/h8,10,16H,3-5,7,9H2,1-2H3/t10-/m0/s1. The summed E-state index contributed by atoms with van der Waals surface area (Å²) in [6.45, 7) is 1.91. The van der Waals surface area contributed by atoms with Crippen LogP contribution in [0.1, 0.15) is 18.4 Å². The lowest BCUT2D eigenvalue weighted by Crippen LogP contribution is -2.41. The number of nitrogens with one attached hydrogen (secondary N) is 1. The van der Waals surface area contributed by atoms with Crippen LogP contribution in [0.2, 0.25) is 0 Å². The molecule has 120 valence electrons. The molecule has 2 rings (SSSR count). The Morgan fingerprint density at radius 2 is 2.36 bits per heavy atom. The number of nitrogens with zero attached hydrogens (tertiary/aromatic N) is 4. The first kappa shape index (κ1) is 17.0. The van der Waals surface area contributed by atoms with Gasteiger partial charge in [0.05, 0.1) is 12.5 Å². The molecule has 0 spiro atoms. The Bertz CT molecular complexity index is 671. The number of piperidine rings is 1. The Hall–Kier alpha value is -1.37. The second-order valence-corrected chi connectivity index (χ2v) is 7.89. The number of nitriles is 1. The molecule has 0 radical (unpaired) electrons. The fourth-order valence-electron chi connectivity index (χ4n) is 2.47. The van der Waals surface area contributed by atoms with Crippen LogP contribution in [0.15, 0.2) is 11.4 Å². The van der Waals surface area contributed by atoms with E-state index in [2.05, 4.69) is 25.7 Å². The van der Waals surface area contributed by atoms with Gasteiger partial charge in [-0.1, -0.05) is 11.8 Å². The van der Waals surface area contributed by atoms with E-state index in [1.807, 2.05) is 6.26 Å². The molecule has 0 bridgehead atoms. The number of thioether (sulfide) groups is 1. The summed E-state index contributed by atoms with van der Waals surface area (Å²) in [6, 6.07) is 2.13. The molecule has 2 heterocycles. The van der Waals surface area contributed by atoms with Gasteiger partial charge in [0, 0.05) is 19.6 Å². The first-order valence-electron chi connectivity index (χ1n) is 6.93. The summed E-state index contributed by atoms with van der Waals surface area (Å²) >= 11 is 1.43. The van der Waals surface area contributed by atoms with Crippen LogP contribution >= 0.6 is 11.8 Å². The summed E-state index contributed by atoms with van der Waals surface area (Å²) in [5, 5.41) is 9.86. The van der Waals surface area contributed by atoms with Crippen LogP contribution in [0, 0.1) is 17.2 Å². The van der Waals surface area contributed by atoms with Gasteiger partial charge in [0.2, 0.25) is 10.0 Å². The van der Waals surface area contributed by atoms with Gasteiger partial charge in [-0.15, -0.1) is 0 Å². The number of sulfonamides is 1. The number of hydrogen-bond donors (Lipinski definition) is 1. The van der Waals surface area contributed by atoms with E-state index in [9.17, 15) is 13.7 Å². The maximum atomic E-state index is 11.2. The molecule has 0 amide bonds. The van der Waals surface area contributed by atoms with Crippen LogP contribution in [0.25, 0.3) is 0 Å². The summed E-state index contributed by atoms with van der Waals surface area (Å²) in [7, 11) is -3.18. The van der Waals surface area contributed by atoms with Crippen molar-refractivity contribution in [3.05, 3.63) is 11.8 Å². The average molecular weight is 341 g/mol. The van der Waals surface area contributed by atoms with Crippen LogP contribution in [0.5, 0.6) is 0 Å². The third-order valence-electron chi connectivity index (χ3n) is 3.50. The molecule has 1 aliphatic heterocycles. The Morgan fingerprint density at radius 1 is 1.59 bits per heavy atom. The van der Waals surface area contributed by atoms with E-state index in [4.69, 9.17) is 0 Å². The normalized spacial score (nSPS) is 19.0. The second-order valence-electron chi connectivity index (χ2n) is 5.28. The van der Waals surface area contributed by atoms with Gasteiger partial charge in [-0.25, -0.2) is 23.1 Å². The second kappa shape index (κ2) is 7.26. The zero-order valence-electron chi connectivity index (χ0n) is 12.6. The Morgan fingerprint density at radius 3 is 3.00 bits per heavy atom. The van der Waals surface area contributed by atoms with E-state index in [0.29, 0.717) is 29.6 Å². The molecule has 0 unspecified atom stereocenters. The van der Waals surface area contributed by atoms with Crippen molar-refractivity contribution in [3.8, 4) is 6.07 Å². The summed E-state index contributed by atoms with van der Waals surface area (Å²) in [5.74, 6) is 0.855. The molecule has 22 heavy (non-hydrogen) atoms. The van der Waals surface area contributed by atoms with E-state index in [-0.39, 0.29) is 5.92 Å². The van der Waals surface area contributed by atoms with Crippen LogP contribution in [-0.4, -0.2) is 50.5 Å². The van der Waals surface area contributed by atoms with Crippen molar-refractivity contribution in [2.45, 2.75) is 18.0 Å². The van der Waals surface area contributed by atoms with Gasteiger partial charge in [-0.3, -0.25) is 0 Å². The van der Waals surface area contributed by atoms with E-state index in [1.165, 1.54) is 11.8 Å². The van der Waals surface area contributed by atoms with Crippen LogP contribution in [0.4, 0.5) is 5.82 Å². The number of aromatic nitrogens is 2. The predicted octanol–water partition coefficient (Wildman–Crippen LogP) is 0.836. The van der Waals surface area contributed by atoms with E-state index >= 15 is 0 Å². The van der Waals surface area contributed by atoms with Crippen molar-refractivity contribution in [2.75, 3.05) is 37.0 Å². The van der Waals surface area contributed by atoms with Crippen molar-refractivity contribution >= 4 is 27.6 Å². The minimum Gasteiger partial charge on any atom is -0.355 e. The van der Waals surface area contributed by atoms with E-state index < -0.39 is 10.0 Å². The summed E-state index contributed by atoms with van der Waals surface area (Å²) in [6.07, 6.45) is 6.50. The topological polar surface area (TPSA) is 99.0 Å². The minimum atomic E-state index is -3.18. The molecule has 1 aromatic heterocycles. The lowest BCUT2D eigenvalue weighted by molar-refractivity contribution is 0.409. The highest BCUT2D eigenvalue weighted by molar-refractivity contribution is 7.98. The molecule has 0 aliphatic carbocycles. The lowest BCUT2D eigenvalue weighted by Gasteiger charge is -2.34. The van der Waals surface area contributed by atoms with Gasteiger partial charge in [-0.2, -0.15) is 5.26 Å². The third-order valence-corrected chi connectivity index (χ3v) is 4.76. The first-order chi connectivity index (χ1) is 10.4. The fourth-order valence-corrected chi connectivity index (χ4v) is 3.34. The van der Waals surface area contributed by atoms with Gasteiger partial charge >= 0.3 is 0 Å². The highest BCUT2D eigenvalue weighted by atomic mass is 32.2. The monoisotopic (exact) mass is 341 g/mol. The maximum Gasteiger partial charge on any atom is 0.208 e. The van der Waals surface area contributed by atoms with Crippen molar-refractivity contribution in [1.82, 2.24) is 14.7 Å². The van der Waals surface area contributed by atoms with Crippen molar-refractivity contribution in [1.29, 1.82) is 5.26 Å². The Kier molecular flexibility index (Phi) is 5.61. The van der Waals surface area contributed by atoms with Gasteiger partial charge < -0.3 is 4.90 Å². The average Bonchev–Trinajstić information content (AvgIpc) is 2.52. The molecule has 0 aromatic carbocycles. The number of anilines is 1. The number of hydrogen-bond acceptors (Lipinski definition) is 7. The molecular weight excluding hydrogens is 322 g/mol. The van der Waals surface area contributed by atoms with Gasteiger partial charge in [0.25, 0.3) is 0 Å². The first-order valence-corrected chi connectivity index (χ1v) is 10.0. The molecule has 1 fully saturated rings. The molecule has 0 saturated carbocycles. The van der Waals surface area contributed by atoms with Gasteiger partial charge in [-0.05, 0) is 25.0 Å². The lowest BCUT2D eigenvalue weighted by atomic mass is 9.98. The zero-order chi connectivity index (χ0) is 16.2. The molecule has 1 aromatic rings. The Labute approximate surface area is 135 Å². The quantitative estimate of drug-likeness (QED) is 0.625. The zero-order valence-corrected chi connectivity index (χ0v) is 14.2. The van der Waals surface area contributed by atoms with Crippen LogP contribution in [-0.2, 0) is 10.0 Å². The van der Waals surface area contributed by atoms with Crippen LogP contribution in [0.3, 0.4) is 0 Å². The smallest absolute Gasteiger partial charge is 0.208 e. The van der Waals surface area contributed by atoms with E-state index in [1.54, 1.807) is 6.20 Å². The molecule has 7 nitrogen and oxygen atoms in total. The highest BCUT2D eigenvalue weighted by Crippen LogP contribution is 2.25. The predicted molar refractivity (Wildman–Crippen MR) is 86.3 cm³/mol. The minimum absolute atomic E-state index is 0.211. The molecule has 1 aliphatic rings. The SMILES string of the molecule is CSc1ncc(C#N)c(N2CCC[C@@H](CNS(C)(=O)=O)C2)n1. The largest absolute Gasteiger partial charge is 0.355 e. The molecule has 1 atom stereocenters. The number of rotatable bonds is 5. The van der Waals surface area contributed by atoms with Crippen molar-refractivity contribution in [2.24, 2.45) is 5.92 Å². The van der Waals surface area contributed by atoms with Crippen molar-refractivity contribution in [3.63, 3.8) is 0 Å². The third kappa shape index (κ3) is 4.56. The van der Waals surface area contributed by atoms with E-state index in [0.717, 1.165) is 25.6 Å². The summed E-state index contributed by atoms with van der Waals surface area (Å²) < 4.78 is 25.0. The van der Waals surface area contributed by atoms with Crippen LogP contribution < -0.4 is 9.62 Å². The summed E-state index contributed by atoms with van der Waals surface area (Å²) in [5.41, 5.74) is 0.453. The molecular formula is C13H19N5O2S2. The molecule has 9 heteroatoms. The fraction of sp³-hybridized carbons (Fsp3) is 0.615. The molecule has 1 N–H and O–H groups in total. The van der Waals surface area contributed by atoms with Gasteiger partial charge in [0.15, 0.2) is 11.0 Å². The van der Waals surface area contributed by atoms with Crippen molar-refractivity contribution < 1.29 is 8.42 Å². The summed E-state index contributed by atoms with van der Waals surface area (Å²) in [4.78, 5) is 10.6.